The maximum absolute atomic E-state index is 13.3. The van der Waals surface area contributed by atoms with Crippen LogP contribution in [-0.2, 0) is 9.59 Å². The second-order valence-corrected chi connectivity index (χ2v) is 8.80. The third-order valence-corrected chi connectivity index (χ3v) is 6.16. The van der Waals surface area contributed by atoms with E-state index < -0.39 is 23.8 Å². The van der Waals surface area contributed by atoms with Gasteiger partial charge in [-0.15, -0.1) is 0 Å². The van der Waals surface area contributed by atoms with E-state index >= 15 is 0 Å². The number of aromatic carboxylic acids is 2. The van der Waals surface area contributed by atoms with Gasteiger partial charge < -0.3 is 14.8 Å². The Kier molecular flexibility index (Phi) is 6.49. The molecule has 1 fully saturated rings. The van der Waals surface area contributed by atoms with Gasteiger partial charge in [0.1, 0.15) is 5.57 Å². The Labute approximate surface area is 215 Å². The van der Waals surface area contributed by atoms with Gasteiger partial charge in [-0.05, 0) is 86.2 Å². The van der Waals surface area contributed by atoms with Crippen LogP contribution >= 0.6 is 23.8 Å². The molecule has 0 bridgehead atoms. The van der Waals surface area contributed by atoms with E-state index in [1.165, 1.54) is 23.1 Å². The topological polar surface area (TPSA) is 129 Å². The summed E-state index contributed by atoms with van der Waals surface area (Å²) in [6, 6.07) is 11.9. The number of halogens is 1. The Morgan fingerprint density at radius 2 is 1.53 bits per heavy atom. The highest BCUT2D eigenvalue weighted by Gasteiger charge is 2.34. The number of aryl methyl sites for hydroxylation is 1. The second-order valence-electron chi connectivity index (χ2n) is 7.98. The van der Waals surface area contributed by atoms with Crippen molar-refractivity contribution < 1.29 is 29.4 Å². The third kappa shape index (κ3) is 4.51. The molecule has 0 spiro atoms. The smallest absolute Gasteiger partial charge is 0.335 e. The van der Waals surface area contributed by atoms with Gasteiger partial charge in [0, 0.05) is 22.1 Å². The van der Waals surface area contributed by atoms with Gasteiger partial charge in [-0.1, -0.05) is 11.6 Å². The number of carbonyl (C=O) groups is 4. The molecule has 0 aliphatic carbocycles. The highest BCUT2D eigenvalue weighted by molar-refractivity contribution is 7.80. The molecule has 3 N–H and O–H groups in total. The first-order chi connectivity index (χ1) is 17.0. The van der Waals surface area contributed by atoms with E-state index in [1.807, 2.05) is 0 Å². The van der Waals surface area contributed by atoms with Crippen LogP contribution in [0.2, 0.25) is 5.02 Å². The molecular weight excluding hydrogens is 506 g/mol. The zero-order chi connectivity index (χ0) is 26.3. The van der Waals surface area contributed by atoms with Crippen molar-refractivity contribution >= 4 is 64.4 Å². The van der Waals surface area contributed by atoms with Crippen molar-refractivity contribution in [1.29, 1.82) is 0 Å². The number of rotatable bonds is 5. The molecule has 182 valence electrons. The van der Waals surface area contributed by atoms with Gasteiger partial charge in [0.15, 0.2) is 5.11 Å². The lowest BCUT2D eigenvalue weighted by Crippen LogP contribution is -2.54. The lowest BCUT2D eigenvalue weighted by molar-refractivity contribution is -0.122. The van der Waals surface area contributed by atoms with Crippen molar-refractivity contribution in [3.05, 3.63) is 87.2 Å². The van der Waals surface area contributed by atoms with Crippen LogP contribution in [0.15, 0.2) is 54.1 Å². The van der Waals surface area contributed by atoms with Crippen LogP contribution in [0.4, 0.5) is 5.69 Å². The fourth-order valence-electron chi connectivity index (χ4n) is 3.96. The molecule has 0 unspecified atom stereocenters. The summed E-state index contributed by atoms with van der Waals surface area (Å²) in [5.74, 6) is -3.84. The van der Waals surface area contributed by atoms with Gasteiger partial charge in [-0.3, -0.25) is 19.8 Å². The third-order valence-electron chi connectivity index (χ3n) is 5.63. The maximum atomic E-state index is 13.3. The second kappa shape index (κ2) is 9.40. The quantitative estimate of drug-likeness (QED) is 0.262. The Hall–Kier alpha value is -4.28. The maximum Gasteiger partial charge on any atom is 0.335 e. The lowest BCUT2D eigenvalue weighted by Gasteiger charge is -2.28. The number of nitrogens with zero attached hydrogens (tertiary/aromatic N) is 2. The van der Waals surface area contributed by atoms with Crippen LogP contribution in [0, 0.1) is 13.8 Å². The number of carboxylic acid groups (broad SMARTS) is 2. The van der Waals surface area contributed by atoms with Crippen LogP contribution in [0.3, 0.4) is 0 Å². The number of nitrogens with one attached hydrogen (secondary N) is 1. The fourth-order valence-corrected chi connectivity index (χ4v) is 4.36. The van der Waals surface area contributed by atoms with Crippen molar-refractivity contribution in [3.63, 3.8) is 0 Å². The Balaban J connectivity index is 1.80. The van der Waals surface area contributed by atoms with Gasteiger partial charge in [0.2, 0.25) is 0 Å². The molecular formula is C25H18ClN3O6S. The normalized spacial score (nSPS) is 14.8. The zero-order valence-electron chi connectivity index (χ0n) is 18.9. The molecule has 11 heteroatoms. The first kappa shape index (κ1) is 24.8. The van der Waals surface area contributed by atoms with Gasteiger partial charge >= 0.3 is 11.9 Å². The molecule has 3 aromatic rings. The Bertz CT molecular complexity index is 1470. The number of carboxylic acids is 2. The molecule has 2 amide bonds. The minimum atomic E-state index is -1.27. The minimum absolute atomic E-state index is 0.0679. The summed E-state index contributed by atoms with van der Waals surface area (Å²) in [5, 5.41) is 21.8. The summed E-state index contributed by atoms with van der Waals surface area (Å²) in [4.78, 5) is 50.3. The van der Waals surface area contributed by atoms with Gasteiger partial charge in [-0.2, -0.15) is 0 Å². The van der Waals surface area contributed by atoms with Crippen LogP contribution in [-0.4, -0.2) is 43.6 Å². The number of carbonyl (C=O) groups excluding carboxylic acids is 2. The largest absolute Gasteiger partial charge is 0.478 e. The average molecular weight is 524 g/mol. The molecule has 0 atom stereocenters. The highest BCUT2D eigenvalue weighted by atomic mass is 35.5. The molecule has 9 nitrogen and oxygen atoms in total. The molecule has 0 radical (unpaired) electrons. The van der Waals surface area contributed by atoms with Gasteiger partial charge in [0.25, 0.3) is 11.8 Å². The standard InChI is InChI=1S/C25H18ClN3O6S/c1-12-7-14(13(2)28(12)19-9-15(23(32)33)8-16(10-19)24(34)35)11-20-21(30)27-25(36)29(22(20)31)18-5-3-17(26)4-6-18/h3-11H,1-2H3,(H,32,33)(H,34,35)(H,27,30,36)/b20-11-. The van der Waals surface area contributed by atoms with Gasteiger partial charge in [-0.25, -0.2) is 9.59 Å². The van der Waals surface area contributed by atoms with Crippen molar-refractivity contribution in [2.45, 2.75) is 13.8 Å². The summed E-state index contributed by atoms with van der Waals surface area (Å²) in [5.41, 5.74) is 1.90. The monoisotopic (exact) mass is 523 g/mol. The number of benzene rings is 2. The number of amides is 2. The van der Waals surface area contributed by atoms with Crippen LogP contribution in [0.5, 0.6) is 0 Å². The number of thiocarbonyl (C=S) groups is 1. The van der Waals surface area contributed by atoms with E-state index in [1.54, 1.807) is 48.7 Å². The van der Waals surface area contributed by atoms with Crippen LogP contribution in [0.1, 0.15) is 37.7 Å². The molecule has 1 aliphatic rings. The summed E-state index contributed by atoms with van der Waals surface area (Å²) >= 11 is 11.1. The molecule has 36 heavy (non-hydrogen) atoms. The van der Waals surface area contributed by atoms with Crippen molar-refractivity contribution in [3.8, 4) is 5.69 Å². The Morgan fingerprint density at radius 3 is 2.08 bits per heavy atom. The summed E-state index contributed by atoms with van der Waals surface area (Å²) < 4.78 is 1.65. The molecule has 2 heterocycles. The molecule has 1 aromatic heterocycles. The van der Waals surface area contributed by atoms with Gasteiger partial charge in [0.05, 0.1) is 16.8 Å². The lowest BCUT2D eigenvalue weighted by atomic mass is 10.1. The number of anilines is 1. The molecule has 2 aromatic carbocycles. The number of hydrogen-bond acceptors (Lipinski definition) is 5. The SMILES string of the molecule is Cc1cc(/C=C2/C(=O)NC(=S)N(c3ccc(Cl)cc3)C2=O)c(C)n1-c1cc(C(=O)O)cc(C(=O)O)c1. The van der Waals surface area contributed by atoms with Crippen LogP contribution < -0.4 is 10.2 Å². The van der Waals surface area contributed by atoms with Crippen molar-refractivity contribution in [1.82, 2.24) is 9.88 Å². The average Bonchev–Trinajstić information content (AvgIpc) is 3.10. The Morgan fingerprint density at radius 1 is 0.944 bits per heavy atom. The van der Waals surface area contributed by atoms with E-state index in [2.05, 4.69) is 5.32 Å². The molecule has 0 saturated carbocycles. The zero-order valence-corrected chi connectivity index (χ0v) is 20.5. The van der Waals surface area contributed by atoms with E-state index in [9.17, 15) is 29.4 Å². The van der Waals surface area contributed by atoms with Crippen LogP contribution in [0.25, 0.3) is 11.8 Å². The predicted molar refractivity (Wildman–Crippen MR) is 137 cm³/mol. The fraction of sp³-hybridized carbons (Fsp3) is 0.0800. The summed E-state index contributed by atoms with van der Waals surface area (Å²) in [6.45, 7) is 3.45. The molecule has 4 rings (SSSR count). The minimum Gasteiger partial charge on any atom is -0.478 e. The van der Waals surface area contributed by atoms with E-state index in [0.717, 1.165) is 6.07 Å². The van der Waals surface area contributed by atoms with E-state index in [4.69, 9.17) is 23.8 Å². The highest BCUT2D eigenvalue weighted by Crippen LogP contribution is 2.27. The van der Waals surface area contributed by atoms with E-state index in [-0.39, 0.29) is 21.8 Å². The summed E-state index contributed by atoms with van der Waals surface area (Å²) in [6.07, 6.45) is 1.42. The predicted octanol–water partition coefficient (Wildman–Crippen LogP) is 3.98. The van der Waals surface area contributed by atoms with E-state index in [0.29, 0.717) is 33.3 Å². The number of hydrogen-bond donors (Lipinski definition) is 3. The number of aromatic nitrogens is 1. The van der Waals surface area contributed by atoms with Crippen molar-refractivity contribution in [2.75, 3.05) is 4.90 Å². The first-order valence-electron chi connectivity index (χ1n) is 10.5. The van der Waals surface area contributed by atoms with Crippen molar-refractivity contribution in [2.24, 2.45) is 0 Å². The summed E-state index contributed by atoms with van der Waals surface area (Å²) in [7, 11) is 0. The molecule has 1 aliphatic heterocycles. The first-order valence-corrected chi connectivity index (χ1v) is 11.2. The molecule has 1 saturated heterocycles.